The van der Waals surface area contributed by atoms with Crippen molar-refractivity contribution in [1.82, 2.24) is 10.2 Å². The fraction of sp³-hybridized carbons (Fsp3) is 0.833. The molecule has 1 aliphatic heterocycles. The van der Waals surface area contributed by atoms with Gasteiger partial charge in [-0.3, -0.25) is 9.59 Å². The van der Waals surface area contributed by atoms with Crippen molar-refractivity contribution in [3.05, 3.63) is 0 Å². The van der Waals surface area contributed by atoms with Crippen molar-refractivity contribution in [1.29, 1.82) is 0 Å². The number of carbonyl (C=O) groups excluding carboxylic acids is 1. The summed E-state index contributed by atoms with van der Waals surface area (Å²) in [6.07, 6.45) is -1.62. The second-order valence-electron chi connectivity index (χ2n) is 4.89. The van der Waals surface area contributed by atoms with Crippen LogP contribution < -0.4 is 5.32 Å². The Kier molecular flexibility index (Phi) is 6.25. The van der Waals surface area contributed by atoms with Crippen LogP contribution in [0.5, 0.6) is 0 Å². The van der Waals surface area contributed by atoms with Gasteiger partial charge >= 0.3 is 12.1 Å². The molecular formula is C12H19F3N2O3. The molecule has 1 atom stereocenters. The molecule has 1 saturated heterocycles. The first-order chi connectivity index (χ1) is 9.29. The zero-order chi connectivity index (χ0) is 15.2. The number of hydrogen-bond donors (Lipinski definition) is 2. The smallest absolute Gasteiger partial charge is 0.401 e. The van der Waals surface area contributed by atoms with E-state index in [4.69, 9.17) is 5.11 Å². The van der Waals surface area contributed by atoms with E-state index in [1.807, 2.05) is 0 Å². The van der Waals surface area contributed by atoms with Gasteiger partial charge in [0.05, 0.1) is 13.1 Å². The molecule has 0 radical (unpaired) electrons. The lowest BCUT2D eigenvalue weighted by Gasteiger charge is -2.35. The maximum Gasteiger partial charge on any atom is 0.401 e. The molecule has 1 rings (SSSR count). The zero-order valence-corrected chi connectivity index (χ0v) is 11.1. The monoisotopic (exact) mass is 296 g/mol. The third kappa shape index (κ3) is 6.23. The Hall–Kier alpha value is -1.31. The van der Waals surface area contributed by atoms with Crippen molar-refractivity contribution < 1.29 is 27.9 Å². The Balaban J connectivity index is 2.43. The summed E-state index contributed by atoms with van der Waals surface area (Å²) < 4.78 is 35.9. The highest BCUT2D eigenvalue weighted by atomic mass is 19.4. The van der Waals surface area contributed by atoms with Gasteiger partial charge in [-0.2, -0.15) is 13.2 Å². The number of piperidine rings is 1. The van der Waals surface area contributed by atoms with Crippen molar-refractivity contribution in [2.75, 3.05) is 19.6 Å². The van der Waals surface area contributed by atoms with Crippen LogP contribution in [0, 0.1) is 0 Å². The average Bonchev–Trinajstić information content (AvgIpc) is 2.35. The molecule has 8 heteroatoms. The molecule has 1 heterocycles. The van der Waals surface area contributed by atoms with Crippen molar-refractivity contribution in [3.63, 3.8) is 0 Å². The molecule has 0 aromatic carbocycles. The maximum absolute atomic E-state index is 12.0. The van der Waals surface area contributed by atoms with Crippen LogP contribution in [0.25, 0.3) is 0 Å². The fourth-order valence-corrected chi connectivity index (χ4v) is 2.33. The number of carboxylic acid groups (broad SMARTS) is 1. The zero-order valence-electron chi connectivity index (χ0n) is 11.1. The lowest BCUT2D eigenvalue weighted by atomic mass is 9.98. The van der Waals surface area contributed by atoms with Gasteiger partial charge in [-0.15, -0.1) is 0 Å². The van der Waals surface area contributed by atoms with Crippen LogP contribution in [0.2, 0.25) is 0 Å². The number of likely N-dealkylation sites (tertiary alicyclic amines) is 1. The van der Waals surface area contributed by atoms with Crippen LogP contribution >= 0.6 is 0 Å². The first kappa shape index (κ1) is 16.7. The molecule has 1 aliphatic rings. The summed E-state index contributed by atoms with van der Waals surface area (Å²) in [6.45, 7) is -1.09. The molecule has 1 amide bonds. The van der Waals surface area contributed by atoms with Crippen LogP contribution in [-0.4, -0.2) is 53.7 Å². The lowest BCUT2D eigenvalue weighted by molar-refractivity contribution is -0.141. The summed E-state index contributed by atoms with van der Waals surface area (Å²) in [7, 11) is 0. The summed E-state index contributed by atoms with van der Waals surface area (Å²) in [5.41, 5.74) is 0. The molecular weight excluding hydrogens is 277 g/mol. The van der Waals surface area contributed by atoms with Gasteiger partial charge < -0.3 is 15.3 Å². The van der Waals surface area contributed by atoms with E-state index in [1.54, 1.807) is 0 Å². The molecule has 0 aliphatic carbocycles. The standard InChI is InChI=1S/C12H19F3N2O3/c13-12(14,15)8-16-7-10(18)17-6-2-1-3-9(17)4-5-11(19)20/h9,16H,1-8H2,(H,19,20). The van der Waals surface area contributed by atoms with E-state index in [9.17, 15) is 22.8 Å². The van der Waals surface area contributed by atoms with Crippen LogP contribution in [0.4, 0.5) is 13.2 Å². The maximum atomic E-state index is 12.0. The molecule has 0 bridgehead atoms. The van der Waals surface area contributed by atoms with Gasteiger partial charge in [-0.1, -0.05) is 0 Å². The van der Waals surface area contributed by atoms with E-state index >= 15 is 0 Å². The number of alkyl halides is 3. The van der Waals surface area contributed by atoms with Crippen molar-refractivity contribution in [3.8, 4) is 0 Å². The van der Waals surface area contributed by atoms with E-state index in [2.05, 4.69) is 5.32 Å². The minimum Gasteiger partial charge on any atom is -0.481 e. The van der Waals surface area contributed by atoms with Crippen LogP contribution in [0.15, 0.2) is 0 Å². The van der Waals surface area contributed by atoms with E-state index < -0.39 is 24.6 Å². The summed E-state index contributed by atoms with van der Waals surface area (Å²) in [4.78, 5) is 24.0. The molecule has 0 aromatic heterocycles. The quantitative estimate of drug-likeness (QED) is 0.777. The molecule has 5 nitrogen and oxygen atoms in total. The van der Waals surface area contributed by atoms with Crippen molar-refractivity contribution >= 4 is 11.9 Å². The van der Waals surface area contributed by atoms with E-state index in [1.165, 1.54) is 4.90 Å². The van der Waals surface area contributed by atoms with Crippen molar-refractivity contribution in [2.45, 2.75) is 44.3 Å². The van der Waals surface area contributed by atoms with E-state index in [0.29, 0.717) is 19.4 Å². The van der Waals surface area contributed by atoms with Gasteiger partial charge in [0.1, 0.15) is 0 Å². The average molecular weight is 296 g/mol. The number of amides is 1. The molecule has 20 heavy (non-hydrogen) atoms. The molecule has 2 N–H and O–H groups in total. The second kappa shape index (κ2) is 7.47. The fourth-order valence-electron chi connectivity index (χ4n) is 2.33. The highest BCUT2D eigenvalue weighted by Crippen LogP contribution is 2.21. The third-order valence-electron chi connectivity index (χ3n) is 3.24. The molecule has 0 spiro atoms. The van der Waals surface area contributed by atoms with Gasteiger partial charge in [-0.25, -0.2) is 0 Å². The highest BCUT2D eigenvalue weighted by Gasteiger charge is 2.29. The summed E-state index contributed by atoms with van der Waals surface area (Å²) in [5, 5.41) is 10.7. The van der Waals surface area contributed by atoms with Crippen LogP contribution in [0.3, 0.4) is 0 Å². The Morgan fingerprint density at radius 1 is 1.30 bits per heavy atom. The number of aliphatic carboxylic acids is 1. The largest absolute Gasteiger partial charge is 0.481 e. The molecule has 1 fully saturated rings. The summed E-state index contributed by atoms with van der Waals surface area (Å²) in [6, 6.07) is -0.181. The Morgan fingerprint density at radius 3 is 2.60 bits per heavy atom. The first-order valence-corrected chi connectivity index (χ1v) is 6.58. The van der Waals surface area contributed by atoms with Gasteiger partial charge in [0.2, 0.25) is 5.91 Å². The number of nitrogens with zero attached hydrogens (tertiary/aromatic N) is 1. The van der Waals surface area contributed by atoms with Gasteiger partial charge in [0.15, 0.2) is 0 Å². The Morgan fingerprint density at radius 2 is 2.00 bits per heavy atom. The number of nitrogens with one attached hydrogen (secondary N) is 1. The minimum absolute atomic E-state index is 0.0373. The summed E-state index contributed by atoms with van der Waals surface area (Å²) in [5.74, 6) is -1.33. The second-order valence-corrected chi connectivity index (χ2v) is 4.89. The topological polar surface area (TPSA) is 69.6 Å². The predicted molar refractivity (Wildman–Crippen MR) is 65.1 cm³/mol. The number of halogens is 3. The molecule has 1 unspecified atom stereocenters. The van der Waals surface area contributed by atoms with Crippen LogP contribution in [-0.2, 0) is 9.59 Å². The van der Waals surface area contributed by atoms with E-state index in [0.717, 1.165) is 12.8 Å². The number of rotatable bonds is 6. The number of carboxylic acids is 1. The first-order valence-electron chi connectivity index (χ1n) is 6.58. The van der Waals surface area contributed by atoms with Crippen molar-refractivity contribution in [2.24, 2.45) is 0 Å². The summed E-state index contributed by atoms with van der Waals surface area (Å²) >= 11 is 0. The Bertz CT molecular complexity index is 347. The number of hydrogen-bond acceptors (Lipinski definition) is 3. The van der Waals surface area contributed by atoms with Gasteiger partial charge in [0, 0.05) is 19.0 Å². The molecule has 0 aromatic rings. The van der Waals surface area contributed by atoms with Gasteiger partial charge in [-0.05, 0) is 25.7 Å². The minimum atomic E-state index is -4.34. The predicted octanol–water partition coefficient (Wildman–Crippen LogP) is 1.38. The Labute approximate surface area is 115 Å². The van der Waals surface area contributed by atoms with Gasteiger partial charge in [0.25, 0.3) is 0 Å². The molecule has 0 saturated carbocycles. The normalized spacial score (nSPS) is 19.9. The SMILES string of the molecule is O=C(O)CCC1CCCCN1C(=O)CNCC(F)(F)F. The molecule has 116 valence electrons. The third-order valence-corrected chi connectivity index (χ3v) is 3.24. The van der Waals surface area contributed by atoms with E-state index in [-0.39, 0.29) is 19.0 Å². The lowest BCUT2D eigenvalue weighted by Crippen LogP contribution is -2.48. The number of carbonyl (C=O) groups is 2. The highest BCUT2D eigenvalue weighted by molar-refractivity contribution is 5.78. The van der Waals surface area contributed by atoms with Crippen LogP contribution in [0.1, 0.15) is 32.1 Å².